The van der Waals surface area contributed by atoms with Gasteiger partial charge in [0.2, 0.25) is 0 Å². The van der Waals surface area contributed by atoms with Crippen LogP contribution in [0.5, 0.6) is 0 Å². The first-order chi connectivity index (χ1) is 18.5. The van der Waals surface area contributed by atoms with Crippen molar-refractivity contribution in [2.24, 2.45) is 11.8 Å². The number of carbonyl (C=O) groups is 2. The Kier molecular flexibility index (Phi) is 8.77. The van der Waals surface area contributed by atoms with Crippen LogP contribution < -0.4 is 0 Å². The molecule has 0 saturated carbocycles. The maximum absolute atomic E-state index is 13.6. The zero-order valence-corrected chi connectivity index (χ0v) is 23.4. The summed E-state index contributed by atoms with van der Waals surface area (Å²) in [5.41, 5.74) is 1.74. The number of fused-ring (bicyclic) bond motifs is 1. The minimum atomic E-state index is -4.01. The lowest BCUT2D eigenvalue weighted by Gasteiger charge is -2.33. The van der Waals surface area contributed by atoms with Crippen LogP contribution in [-0.4, -0.2) is 70.7 Å². The standard InChI is InChI=1S/C28H34O10S/c1-17-11-13-19(14-12-17)39(31,32)16-20(21(25(29)33-4)26(30)34-5)22-23(35-15-18-9-7-6-8-10-18)24-27(36-22)38-28(2,3)37-24/h6-14,20-24,27H,15-16H2,1-5H3/t20-,22+,23+,24+,27+/m0/s1. The average molecular weight is 563 g/mol. The Morgan fingerprint density at radius 3 is 2.15 bits per heavy atom. The fourth-order valence-corrected chi connectivity index (χ4v) is 6.61. The van der Waals surface area contributed by atoms with Crippen molar-refractivity contribution in [1.82, 2.24) is 0 Å². The van der Waals surface area contributed by atoms with Gasteiger partial charge >= 0.3 is 11.9 Å². The molecule has 11 heteroatoms. The van der Waals surface area contributed by atoms with Crippen LogP contribution >= 0.6 is 0 Å². The Bertz CT molecular complexity index is 1240. The van der Waals surface area contributed by atoms with Gasteiger partial charge < -0.3 is 28.4 Å². The van der Waals surface area contributed by atoms with Crippen molar-refractivity contribution in [3.63, 3.8) is 0 Å². The van der Waals surface area contributed by atoms with Gasteiger partial charge in [-0.2, -0.15) is 0 Å². The van der Waals surface area contributed by atoms with Crippen molar-refractivity contribution < 1.29 is 46.4 Å². The number of aryl methyl sites for hydroxylation is 1. The summed E-state index contributed by atoms with van der Waals surface area (Å²) < 4.78 is 61.5. The quantitative estimate of drug-likeness (QED) is 0.315. The van der Waals surface area contributed by atoms with Crippen molar-refractivity contribution in [3.8, 4) is 0 Å². The minimum Gasteiger partial charge on any atom is -0.468 e. The van der Waals surface area contributed by atoms with E-state index in [0.717, 1.165) is 25.3 Å². The van der Waals surface area contributed by atoms with E-state index in [9.17, 15) is 18.0 Å². The summed E-state index contributed by atoms with van der Waals surface area (Å²) in [5, 5.41) is 0. The van der Waals surface area contributed by atoms with Crippen molar-refractivity contribution in [3.05, 3.63) is 65.7 Å². The Labute approximate surface area is 228 Å². The third-order valence-corrected chi connectivity index (χ3v) is 8.68. The normalized spacial score (nSPS) is 24.8. The fraction of sp³-hybridized carbons (Fsp3) is 0.500. The van der Waals surface area contributed by atoms with Crippen LogP contribution in [0.4, 0.5) is 0 Å². The van der Waals surface area contributed by atoms with Crippen LogP contribution in [0.3, 0.4) is 0 Å². The molecule has 0 amide bonds. The number of methoxy groups -OCH3 is 2. The third kappa shape index (κ3) is 6.50. The predicted octanol–water partition coefficient (Wildman–Crippen LogP) is 2.81. The highest BCUT2D eigenvalue weighted by atomic mass is 32.2. The summed E-state index contributed by atoms with van der Waals surface area (Å²) in [5.74, 6) is -6.37. The highest BCUT2D eigenvalue weighted by molar-refractivity contribution is 7.91. The van der Waals surface area contributed by atoms with Gasteiger partial charge in [-0.15, -0.1) is 0 Å². The van der Waals surface area contributed by atoms with E-state index in [2.05, 4.69) is 0 Å². The summed E-state index contributed by atoms with van der Waals surface area (Å²) in [6.45, 7) is 5.44. The topological polar surface area (TPSA) is 124 Å². The Hall–Kier alpha value is -2.83. The lowest BCUT2D eigenvalue weighted by Crippen LogP contribution is -2.49. The van der Waals surface area contributed by atoms with Gasteiger partial charge in [0.05, 0.1) is 37.6 Å². The molecule has 0 aromatic heterocycles. The first kappa shape index (κ1) is 29.2. The number of carbonyl (C=O) groups excluding carboxylic acids is 2. The Morgan fingerprint density at radius 2 is 1.56 bits per heavy atom. The molecular weight excluding hydrogens is 528 g/mol. The van der Waals surface area contributed by atoms with Gasteiger partial charge in [0.25, 0.3) is 0 Å². The molecule has 2 heterocycles. The molecule has 2 aromatic rings. The molecule has 2 aliphatic heterocycles. The summed E-state index contributed by atoms with van der Waals surface area (Å²) in [6, 6.07) is 15.7. The molecule has 4 rings (SSSR count). The number of rotatable bonds is 10. The van der Waals surface area contributed by atoms with Crippen molar-refractivity contribution in [2.45, 2.75) is 62.7 Å². The fourth-order valence-electron chi connectivity index (χ4n) is 4.98. The second-order valence-electron chi connectivity index (χ2n) is 10.1. The van der Waals surface area contributed by atoms with Gasteiger partial charge in [-0.3, -0.25) is 9.59 Å². The molecular formula is C28H34O10S. The number of sulfone groups is 1. The zero-order chi connectivity index (χ0) is 28.4. The first-order valence-corrected chi connectivity index (χ1v) is 14.2. The van der Waals surface area contributed by atoms with Crippen LogP contribution in [0.25, 0.3) is 0 Å². The van der Waals surface area contributed by atoms with Crippen molar-refractivity contribution in [1.29, 1.82) is 0 Å². The number of hydrogen-bond donors (Lipinski definition) is 0. The lowest BCUT2D eigenvalue weighted by molar-refractivity contribution is -0.228. The van der Waals surface area contributed by atoms with Crippen LogP contribution in [0.1, 0.15) is 25.0 Å². The molecule has 0 bridgehead atoms. The van der Waals surface area contributed by atoms with E-state index in [0.29, 0.717) is 0 Å². The van der Waals surface area contributed by atoms with Gasteiger partial charge in [0, 0.05) is 5.92 Å². The van der Waals surface area contributed by atoms with E-state index < -0.39 is 69.8 Å². The molecule has 0 aliphatic carbocycles. The third-order valence-electron chi connectivity index (χ3n) is 6.86. The molecule has 2 aromatic carbocycles. The Balaban J connectivity index is 1.74. The lowest BCUT2D eigenvalue weighted by atomic mass is 9.86. The van der Waals surface area contributed by atoms with Crippen LogP contribution in [0.2, 0.25) is 0 Å². The van der Waals surface area contributed by atoms with E-state index in [1.165, 1.54) is 12.1 Å². The monoisotopic (exact) mass is 562 g/mol. The van der Waals surface area contributed by atoms with Gasteiger partial charge in [0.1, 0.15) is 12.2 Å². The molecule has 10 nitrogen and oxygen atoms in total. The van der Waals surface area contributed by atoms with E-state index in [4.69, 9.17) is 28.4 Å². The summed E-state index contributed by atoms with van der Waals surface area (Å²) >= 11 is 0. The van der Waals surface area contributed by atoms with Gasteiger partial charge in [0.15, 0.2) is 27.8 Å². The second-order valence-corrected chi connectivity index (χ2v) is 12.1. The molecule has 5 atom stereocenters. The van der Waals surface area contributed by atoms with Gasteiger partial charge in [-0.25, -0.2) is 8.42 Å². The van der Waals surface area contributed by atoms with Gasteiger partial charge in [-0.1, -0.05) is 48.0 Å². The van der Waals surface area contributed by atoms with Crippen LogP contribution in [0.15, 0.2) is 59.5 Å². The highest BCUT2D eigenvalue weighted by Gasteiger charge is 2.60. The van der Waals surface area contributed by atoms with E-state index >= 15 is 0 Å². The number of esters is 2. The molecule has 0 radical (unpaired) electrons. The summed E-state index contributed by atoms with van der Waals surface area (Å²) in [6.07, 6.45) is -3.63. The zero-order valence-electron chi connectivity index (χ0n) is 22.6. The second kappa shape index (κ2) is 11.7. The van der Waals surface area contributed by atoms with Crippen molar-refractivity contribution in [2.75, 3.05) is 20.0 Å². The molecule has 2 fully saturated rings. The SMILES string of the molecule is COC(=O)C(C(=O)OC)[C@H](CS(=O)(=O)c1ccc(C)cc1)[C@H]1O[C@@H]2OC(C)(C)O[C@@H]2[C@@H]1OCc1ccccc1. The van der Waals surface area contributed by atoms with Crippen LogP contribution in [-0.2, 0) is 54.5 Å². The largest absolute Gasteiger partial charge is 0.468 e. The molecule has 2 aliphatic rings. The van der Waals surface area contributed by atoms with Gasteiger partial charge in [-0.05, 0) is 38.5 Å². The molecule has 0 spiro atoms. The predicted molar refractivity (Wildman–Crippen MR) is 138 cm³/mol. The highest BCUT2D eigenvalue weighted by Crippen LogP contribution is 2.43. The molecule has 0 N–H and O–H groups in total. The summed E-state index contributed by atoms with van der Waals surface area (Å²) in [4.78, 5) is 25.9. The number of hydrogen-bond acceptors (Lipinski definition) is 10. The molecule has 212 valence electrons. The molecule has 39 heavy (non-hydrogen) atoms. The maximum atomic E-state index is 13.6. The van der Waals surface area contributed by atoms with E-state index in [1.807, 2.05) is 37.3 Å². The first-order valence-electron chi connectivity index (χ1n) is 12.6. The molecule has 2 saturated heterocycles. The minimum absolute atomic E-state index is 0.0418. The maximum Gasteiger partial charge on any atom is 0.320 e. The average Bonchev–Trinajstić information content (AvgIpc) is 3.38. The van der Waals surface area contributed by atoms with Crippen LogP contribution in [0, 0.1) is 18.8 Å². The van der Waals surface area contributed by atoms with Crippen molar-refractivity contribution >= 4 is 21.8 Å². The smallest absolute Gasteiger partial charge is 0.320 e. The van der Waals surface area contributed by atoms with E-state index in [1.54, 1.807) is 26.0 Å². The summed E-state index contributed by atoms with van der Waals surface area (Å²) in [7, 11) is -1.78. The number of ether oxygens (including phenoxy) is 6. The number of benzene rings is 2. The Morgan fingerprint density at radius 1 is 0.949 bits per heavy atom. The van der Waals surface area contributed by atoms with E-state index in [-0.39, 0.29) is 11.5 Å². The molecule has 0 unspecified atom stereocenters.